The Hall–Kier alpha value is -0.860. The molecule has 1 rings (SSSR count). The molecule has 1 aromatic carbocycles. The lowest BCUT2D eigenvalue weighted by Crippen LogP contribution is -2.27. The monoisotopic (exact) mass is 249 g/mol. The van der Waals surface area contributed by atoms with E-state index in [1.54, 1.807) is 7.11 Å². The molecule has 18 heavy (non-hydrogen) atoms. The molecule has 0 radical (unpaired) electrons. The quantitative estimate of drug-likeness (QED) is 0.764. The molecule has 1 aromatic rings. The Labute approximate surface area is 112 Å². The van der Waals surface area contributed by atoms with Gasteiger partial charge in [0.15, 0.2) is 0 Å². The number of methoxy groups -OCH3 is 1. The van der Waals surface area contributed by atoms with Crippen LogP contribution >= 0.6 is 0 Å². The van der Waals surface area contributed by atoms with Crippen LogP contribution in [0.2, 0.25) is 0 Å². The molecule has 0 amide bonds. The predicted molar refractivity (Wildman–Crippen MR) is 78.0 cm³/mol. The van der Waals surface area contributed by atoms with Gasteiger partial charge in [-0.3, -0.25) is 0 Å². The number of hydrogen-bond acceptors (Lipinski definition) is 2. The van der Waals surface area contributed by atoms with Gasteiger partial charge in [-0.15, -0.1) is 0 Å². The van der Waals surface area contributed by atoms with Crippen molar-refractivity contribution < 1.29 is 4.74 Å². The molecule has 0 aliphatic rings. The zero-order chi connectivity index (χ0) is 13.4. The van der Waals surface area contributed by atoms with Crippen LogP contribution in [0.15, 0.2) is 24.3 Å². The second-order valence-electron chi connectivity index (χ2n) is 5.09. The minimum Gasteiger partial charge on any atom is -0.382 e. The van der Waals surface area contributed by atoms with E-state index < -0.39 is 0 Å². The second kappa shape index (κ2) is 8.28. The van der Waals surface area contributed by atoms with E-state index in [1.807, 2.05) is 0 Å². The van der Waals surface area contributed by atoms with Crippen molar-refractivity contribution in [3.8, 4) is 0 Å². The lowest BCUT2D eigenvalue weighted by atomic mass is 9.92. The number of nitrogens with one attached hydrogen (secondary N) is 1. The second-order valence-corrected chi connectivity index (χ2v) is 5.09. The first kappa shape index (κ1) is 15.2. The van der Waals surface area contributed by atoms with Gasteiger partial charge in [0.25, 0.3) is 0 Å². The van der Waals surface area contributed by atoms with Crippen molar-refractivity contribution in [3.05, 3.63) is 35.4 Å². The lowest BCUT2D eigenvalue weighted by Gasteiger charge is -2.21. The van der Waals surface area contributed by atoms with Crippen LogP contribution in [0.5, 0.6) is 0 Å². The number of ether oxygens (including phenoxy) is 1. The van der Waals surface area contributed by atoms with E-state index in [0.29, 0.717) is 12.0 Å². The lowest BCUT2D eigenvalue weighted by molar-refractivity contribution is 0.0946. The molecule has 1 N–H and O–H groups in total. The van der Waals surface area contributed by atoms with Gasteiger partial charge in [-0.1, -0.05) is 31.2 Å². The molecule has 0 spiro atoms. The highest BCUT2D eigenvalue weighted by molar-refractivity contribution is 5.25. The van der Waals surface area contributed by atoms with Crippen molar-refractivity contribution >= 4 is 0 Å². The third kappa shape index (κ3) is 5.19. The fourth-order valence-electron chi connectivity index (χ4n) is 2.30. The van der Waals surface area contributed by atoms with E-state index in [4.69, 9.17) is 4.74 Å². The molecule has 2 atom stereocenters. The Kier molecular flexibility index (Phi) is 6.99. The van der Waals surface area contributed by atoms with Gasteiger partial charge in [-0.25, -0.2) is 0 Å². The highest BCUT2D eigenvalue weighted by Gasteiger charge is 2.14. The van der Waals surface area contributed by atoms with Gasteiger partial charge in [0.05, 0.1) is 6.10 Å². The van der Waals surface area contributed by atoms with E-state index in [2.05, 4.69) is 50.4 Å². The third-order valence-corrected chi connectivity index (χ3v) is 3.52. The van der Waals surface area contributed by atoms with Crippen LogP contribution in [0.3, 0.4) is 0 Å². The summed E-state index contributed by atoms with van der Waals surface area (Å²) in [4.78, 5) is 0. The van der Waals surface area contributed by atoms with Gasteiger partial charge >= 0.3 is 0 Å². The number of aryl methyl sites for hydroxylation is 1. The molecule has 2 heteroatoms. The summed E-state index contributed by atoms with van der Waals surface area (Å²) in [6.45, 7) is 8.60. The number of benzene rings is 1. The zero-order valence-electron chi connectivity index (χ0n) is 12.2. The highest BCUT2D eigenvalue weighted by Crippen LogP contribution is 2.17. The Bertz CT molecular complexity index is 338. The van der Waals surface area contributed by atoms with Crippen LogP contribution in [-0.4, -0.2) is 26.3 Å². The van der Waals surface area contributed by atoms with Crippen molar-refractivity contribution in [3.63, 3.8) is 0 Å². The van der Waals surface area contributed by atoms with Gasteiger partial charge in [0.1, 0.15) is 0 Å². The summed E-state index contributed by atoms with van der Waals surface area (Å²) < 4.78 is 5.40. The van der Waals surface area contributed by atoms with Crippen LogP contribution in [0.25, 0.3) is 0 Å². The molecule has 0 fully saturated rings. The van der Waals surface area contributed by atoms with Crippen molar-refractivity contribution in [1.82, 2.24) is 5.32 Å². The first-order valence-corrected chi connectivity index (χ1v) is 6.95. The molecule has 2 nitrogen and oxygen atoms in total. The summed E-state index contributed by atoms with van der Waals surface area (Å²) in [7, 11) is 1.79. The number of hydrogen-bond donors (Lipinski definition) is 1. The Balaban J connectivity index is 2.62. The average Bonchev–Trinajstić information content (AvgIpc) is 2.38. The molecule has 2 unspecified atom stereocenters. The van der Waals surface area contributed by atoms with Crippen molar-refractivity contribution in [2.45, 2.75) is 39.7 Å². The minimum atomic E-state index is 0.331. The molecule has 0 aromatic heterocycles. The van der Waals surface area contributed by atoms with Crippen LogP contribution in [0.1, 0.15) is 31.4 Å². The Morgan fingerprint density at radius 3 is 2.61 bits per heavy atom. The molecular weight excluding hydrogens is 222 g/mol. The van der Waals surface area contributed by atoms with Gasteiger partial charge in [-0.05, 0) is 56.8 Å². The summed E-state index contributed by atoms with van der Waals surface area (Å²) in [5, 5.41) is 3.46. The predicted octanol–water partition coefficient (Wildman–Crippen LogP) is 3.19. The van der Waals surface area contributed by atoms with Gasteiger partial charge < -0.3 is 10.1 Å². The summed E-state index contributed by atoms with van der Waals surface area (Å²) in [5.41, 5.74) is 2.85. The first-order valence-electron chi connectivity index (χ1n) is 6.95. The third-order valence-electron chi connectivity index (χ3n) is 3.52. The fourth-order valence-corrected chi connectivity index (χ4v) is 2.30. The maximum absolute atomic E-state index is 5.40. The topological polar surface area (TPSA) is 21.3 Å². The maximum Gasteiger partial charge on any atom is 0.0546 e. The molecular formula is C16H27NO. The fraction of sp³-hybridized carbons (Fsp3) is 0.625. The summed E-state index contributed by atoms with van der Waals surface area (Å²) >= 11 is 0. The zero-order valence-corrected chi connectivity index (χ0v) is 12.2. The Morgan fingerprint density at radius 2 is 2.00 bits per heavy atom. The maximum atomic E-state index is 5.40. The smallest absolute Gasteiger partial charge is 0.0546 e. The highest BCUT2D eigenvalue weighted by atomic mass is 16.5. The average molecular weight is 249 g/mol. The van der Waals surface area contributed by atoms with Crippen molar-refractivity contribution in [2.75, 3.05) is 20.2 Å². The SMILES string of the molecule is CCNCC(Cc1ccccc1C)CC(C)OC. The Morgan fingerprint density at radius 1 is 1.28 bits per heavy atom. The van der Waals surface area contributed by atoms with Crippen molar-refractivity contribution in [2.24, 2.45) is 5.92 Å². The minimum absolute atomic E-state index is 0.331. The van der Waals surface area contributed by atoms with Gasteiger partial charge in [0.2, 0.25) is 0 Å². The van der Waals surface area contributed by atoms with E-state index in [0.717, 1.165) is 25.9 Å². The molecule has 0 saturated carbocycles. The van der Waals surface area contributed by atoms with E-state index >= 15 is 0 Å². The van der Waals surface area contributed by atoms with Crippen LogP contribution in [0, 0.1) is 12.8 Å². The van der Waals surface area contributed by atoms with Crippen LogP contribution in [-0.2, 0) is 11.2 Å². The summed E-state index contributed by atoms with van der Waals surface area (Å²) in [5.74, 6) is 0.640. The summed E-state index contributed by atoms with van der Waals surface area (Å²) in [6, 6.07) is 8.67. The van der Waals surface area contributed by atoms with Gasteiger partial charge in [0, 0.05) is 7.11 Å². The van der Waals surface area contributed by atoms with E-state index in [1.165, 1.54) is 11.1 Å². The van der Waals surface area contributed by atoms with Crippen LogP contribution < -0.4 is 5.32 Å². The van der Waals surface area contributed by atoms with Crippen molar-refractivity contribution in [1.29, 1.82) is 0 Å². The molecule has 0 saturated heterocycles. The molecule has 102 valence electrons. The summed E-state index contributed by atoms with van der Waals surface area (Å²) in [6.07, 6.45) is 2.57. The molecule has 0 heterocycles. The molecule has 0 bridgehead atoms. The van der Waals surface area contributed by atoms with Gasteiger partial charge in [-0.2, -0.15) is 0 Å². The van der Waals surface area contributed by atoms with E-state index in [-0.39, 0.29) is 0 Å². The standard InChI is InChI=1S/C16H27NO/c1-5-17-12-15(10-14(3)18-4)11-16-9-7-6-8-13(16)2/h6-9,14-15,17H,5,10-12H2,1-4H3. The first-order chi connectivity index (χ1) is 8.67. The number of rotatable bonds is 8. The van der Waals surface area contributed by atoms with E-state index in [9.17, 15) is 0 Å². The molecule has 0 aliphatic carbocycles. The van der Waals surface area contributed by atoms with Crippen LogP contribution in [0.4, 0.5) is 0 Å². The molecule has 0 aliphatic heterocycles. The normalized spacial score (nSPS) is 14.4. The largest absolute Gasteiger partial charge is 0.382 e.